The minimum Gasteiger partial charge on any atom is -0.481 e. The fourth-order valence-corrected chi connectivity index (χ4v) is 5.14. The van der Waals surface area contributed by atoms with Gasteiger partial charge < -0.3 is 20.1 Å². The van der Waals surface area contributed by atoms with Gasteiger partial charge in [0.15, 0.2) is 0 Å². The smallest absolute Gasteiger partial charge is 0.407 e. The summed E-state index contributed by atoms with van der Waals surface area (Å²) in [7, 11) is 0. The van der Waals surface area contributed by atoms with Crippen molar-refractivity contribution < 1.29 is 24.2 Å². The van der Waals surface area contributed by atoms with Gasteiger partial charge in [0.05, 0.1) is 6.42 Å². The van der Waals surface area contributed by atoms with E-state index in [9.17, 15) is 14.4 Å². The third-order valence-electron chi connectivity index (χ3n) is 6.99. The Labute approximate surface area is 200 Å². The molecule has 0 radical (unpaired) electrons. The first kappa shape index (κ1) is 23.8. The predicted octanol–water partition coefficient (Wildman–Crippen LogP) is 4.41. The molecule has 7 heteroatoms. The summed E-state index contributed by atoms with van der Waals surface area (Å²) in [6.07, 6.45) is 1.44. The second-order valence-corrected chi connectivity index (χ2v) is 9.78. The van der Waals surface area contributed by atoms with Gasteiger partial charge in [0.2, 0.25) is 5.91 Å². The van der Waals surface area contributed by atoms with E-state index >= 15 is 0 Å². The number of ether oxygens (including phenoxy) is 1. The molecule has 1 unspecified atom stereocenters. The minimum absolute atomic E-state index is 0.00231. The molecular formula is C27H32N2O5. The predicted molar refractivity (Wildman–Crippen MR) is 128 cm³/mol. The number of alkyl carbamates (subject to hydrolysis) is 1. The number of likely N-dealkylation sites (tertiary alicyclic amines) is 1. The molecule has 1 heterocycles. The summed E-state index contributed by atoms with van der Waals surface area (Å²) in [5, 5.41) is 11.9. The van der Waals surface area contributed by atoms with Crippen LogP contribution in [0.5, 0.6) is 0 Å². The summed E-state index contributed by atoms with van der Waals surface area (Å²) in [6, 6.07) is 16.1. The fourth-order valence-electron chi connectivity index (χ4n) is 5.14. The molecule has 7 nitrogen and oxygen atoms in total. The molecule has 4 rings (SSSR count). The van der Waals surface area contributed by atoms with Crippen LogP contribution in [0.3, 0.4) is 0 Å². The van der Waals surface area contributed by atoms with E-state index in [-0.39, 0.29) is 30.9 Å². The third kappa shape index (κ3) is 4.93. The molecule has 34 heavy (non-hydrogen) atoms. The number of hydrogen-bond donors (Lipinski definition) is 2. The number of nitrogens with zero attached hydrogens (tertiary/aromatic N) is 1. The van der Waals surface area contributed by atoms with Crippen LogP contribution in [-0.4, -0.2) is 53.7 Å². The van der Waals surface area contributed by atoms with E-state index in [0.717, 1.165) is 17.5 Å². The Hall–Kier alpha value is -3.35. The molecular weight excluding hydrogens is 432 g/mol. The average Bonchev–Trinajstić information content (AvgIpc) is 3.39. The van der Waals surface area contributed by atoms with Crippen LogP contribution in [0, 0.1) is 5.41 Å². The molecule has 0 bridgehead atoms. The van der Waals surface area contributed by atoms with E-state index in [0.29, 0.717) is 25.9 Å². The lowest BCUT2D eigenvalue weighted by Crippen LogP contribution is -2.45. The number of rotatable bonds is 8. The van der Waals surface area contributed by atoms with Gasteiger partial charge in [0, 0.05) is 30.5 Å². The van der Waals surface area contributed by atoms with Gasteiger partial charge in [0.25, 0.3) is 0 Å². The van der Waals surface area contributed by atoms with Gasteiger partial charge in [-0.2, -0.15) is 0 Å². The third-order valence-corrected chi connectivity index (χ3v) is 6.99. The number of carbonyl (C=O) groups excluding carboxylic acids is 2. The van der Waals surface area contributed by atoms with Crippen molar-refractivity contribution in [2.24, 2.45) is 5.41 Å². The molecule has 0 saturated carbocycles. The van der Waals surface area contributed by atoms with E-state index < -0.39 is 17.5 Å². The summed E-state index contributed by atoms with van der Waals surface area (Å²) in [4.78, 5) is 38.3. The molecule has 1 aliphatic carbocycles. The Morgan fingerprint density at radius 1 is 1.06 bits per heavy atom. The van der Waals surface area contributed by atoms with Crippen molar-refractivity contribution in [1.29, 1.82) is 0 Å². The number of aliphatic carboxylic acids is 1. The van der Waals surface area contributed by atoms with Crippen LogP contribution < -0.4 is 5.32 Å². The zero-order valence-electron chi connectivity index (χ0n) is 19.8. The lowest BCUT2D eigenvalue weighted by atomic mass is 9.87. The number of carboxylic acids is 1. The van der Waals surface area contributed by atoms with E-state index in [1.807, 2.05) is 38.1 Å². The lowest BCUT2D eigenvalue weighted by Gasteiger charge is -2.32. The Balaban J connectivity index is 1.28. The first-order valence-corrected chi connectivity index (χ1v) is 11.9. The van der Waals surface area contributed by atoms with Gasteiger partial charge in [-0.05, 0) is 41.5 Å². The highest BCUT2D eigenvalue weighted by Crippen LogP contribution is 2.44. The van der Waals surface area contributed by atoms with E-state index in [2.05, 4.69) is 29.6 Å². The van der Waals surface area contributed by atoms with Crippen molar-refractivity contribution in [2.45, 2.75) is 51.5 Å². The largest absolute Gasteiger partial charge is 0.481 e. The molecule has 0 aromatic heterocycles. The van der Waals surface area contributed by atoms with Gasteiger partial charge in [-0.25, -0.2) is 4.79 Å². The van der Waals surface area contributed by atoms with Crippen LogP contribution >= 0.6 is 0 Å². The molecule has 2 N–H and O–H groups in total. The fraction of sp³-hybridized carbons (Fsp3) is 0.444. The van der Waals surface area contributed by atoms with Gasteiger partial charge in [-0.1, -0.05) is 62.4 Å². The Morgan fingerprint density at radius 3 is 2.29 bits per heavy atom. The molecule has 2 amide bonds. The van der Waals surface area contributed by atoms with Crippen molar-refractivity contribution in [3.63, 3.8) is 0 Å². The standard InChI is InChI=1S/C27H32N2O5/c1-27(2,25(32)29-15-7-8-18(29)16-24(30)31)13-14-28-26(33)34-17-23-21-11-5-3-9-19(21)20-10-4-6-12-22(20)23/h3-6,9-12,18,23H,7-8,13-17H2,1-2H3,(H,28,33)(H,30,31). The number of hydrogen-bond acceptors (Lipinski definition) is 4. The maximum Gasteiger partial charge on any atom is 0.407 e. The van der Waals surface area contributed by atoms with Crippen molar-refractivity contribution in [2.75, 3.05) is 19.7 Å². The number of benzene rings is 2. The van der Waals surface area contributed by atoms with E-state index in [4.69, 9.17) is 9.84 Å². The maximum absolute atomic E-state index is 13.1. The molecule has 1 atom stereocenters. The first-order valence-electron chi connectivity index (χ1n) is 11.9. The lowest BCUT2D eigenvalue weighted by molar-refractivity contribution is -0.144. The van der Waals surface area contributed by atoms with Crippen LogP contribution in [0.25, 0.3) is 11.1 Å². The van der Waals surface area contributed by atoms with Gasteiger partial charge in [-0.15, -0.1) is 0 Å². The van der Waals surface area contributed by atoms with Crippen LogP contribution in [0.4, 0.5) is 4.79 Å². The summed E-state index contributed by atoms with van der Waals surface area (Å²) in [5.41, 5.74) is 3.96. The highest BCUT2D eigenvalue weighted by Gasteiger charge is 2.38. The molecule has 2 aromatic carbocycles. The average molecular weight is 465 g/mol. The number of carboxylic acid groups (broad SMARTS) is 1. The molecule has 1 aliphatic heterocycles. The summed E-state index contributed by atoms with van der Waals surface area (Å²) in [6.45, 7) is 4.80. The molecule has 0 spiro atoms. The van der Waals surface area contributed by atoms with Crippen LogP contribution in [0.15, 0.2) is 48.5 Å². The monoisotopic (exact) mass is 464 g/mol. The zero-order valence-corrected chi connectivity index (χ0v) is 19.8. The maximum atomic E-state index is 13.1. The van der Waals surface area contributed by atoms with Gasteiger partial charge in [-0.3, -0.25) is 9.59 Å². The van der Waals surface area contributed by atoms with E-state index in [1.54, 1.807) is 4.90 Å². The van der Waals surface area contributed by atoms with Crippen molar-refractivity contribution >= 4 is 18.0 Å². The van der Waals surface area contributed by atoms with Crippen LogP contribution in [-0.2, 0) is 14.3 Å². The summed E-state index contributed by atoms with van der Waals surface area (Å²) < 4.78 is 5.56. The molecule has 2 aliphatic rings. The second kappa shape index (κ2) is 9.87. The van der Waals surface area contributed by atoms with Crippen molar-refractivity contribution in [1.82, 2.24) is 10.2 Å². The normalized spacial score (nSPS) is 17.2. The number of carbonyl (C=O) groups is 3. The van der Waals surface area contributed by atoms with Crippen molar-refractivity contribution in [3.8, 4) is 11.1 Å². The SMILES string of the molecule is CC(C)(CCNC(=O)OCC1c2ccccc2-c2ccccc21)C(=O)N1CCCC1CC(=O)O. The Bertz CT molecular complexity index is 1030. The summed E-state index contributed by atoms with van der Waals surface area (Å²) in [5.74, 6) is -0.956. The first-order chi connectivity index (χ1) is 16.3. The Kier molecular flexibility index (Phi) is 6.91. The second-order valence-electron chi connectivity index (χ2n) is 9.78. The molecule has 180 valence electrons. The van der Waals surface area contributed by atoms with E-state index in [1.165, 1.54) is 11.1 Å². The highest BCUT2D eigenvalue weighted by molar-refractivity contribution is 5.83. The molecule has 1 saturated heterocycles. The topological polar surface area (TPSA) is 95.9 Å². The summed E-state index contributed by atoms with van der Waals surface area (Å²) >= 11 is 0. The number of fused-ring (bicyclic) bond motifs is 3. The van der Waals surface area contributed by atoms with Crippen molar-refractivity contribution in [3.05, 3.63) is 59.7 Å². The minimum atomic E-state index is -0.889. The van der Waals surface area contributed by atoms with Crippen LogP contribution in [0.2, 0.25) is 0 Å². The highest BCUT2D eigenvalue weighted by atomic mass is 16.5. The quantitative estimate of drug-likeness (QED) is 0.603. The van der Waals surface area contributed by atoms with Crippen LogP contribution in [0.1, 0.15) is 56.6 Å². The number of amides is 2. The Morgan fingerprint density at radius 2 is 1.68 bits per heavy atom. The van der Waals surface area contributed by atoms with Gasteiger partial charge >= 0.3 is 12.1 Å². The van der Waals surface area contributed by atoms with Gasteiger partial charge in [0.1, 0.15) is 6.61 Å². The molecule has 2 aromatic rings. The molecule has 1 fully saturated rings. The zero-order chi connectivity index (χ0) is 24.3. The number of nitrogens with one attached hydrogen (secondary N) is 1.